The Labute approximate surface area is 125 Å². The lowest BCUT2D eigenvalue weighted by atomic mass is 9.99. The Morgan fingerprint density at radius 2 is 1.95 bits per heavy atom. The van der Waals surface area contributed by atoms with Gasteiger partial charge in [-0.15, -0.1) is 0 Å². The highest BCUT2D eigenvalue weighted by Gasteiger charge is 2.25. The molecule has 0 radical (unpaired) electrons. The van der Waals surface area contributed by atoms with Crippen molar-refractivity contribution in [1.82, 2.24) is 5.32 Å². The number of nitrogens with one attached hydrogen (secondary N) is 1. The summed E-state index contributed by atoms with van der Waals surface area (Å²) in [6.45, 7) is 5.51. The van der Waals surface area contributed by atoms with Crippen molar-refractivity contribution in [3.8, 4) is 5.75 Å². The van der Waals surface area contributed by atoms with Crippen LogP contribution in [-0.4, -0.2) is 29.6 Å². The molecule has 2 N–H and O–H groups in total. The van der Waals surface area contributed by atoms with Crippen molar-refractivity contribution in [2.24, 2.45) is 5.92 Å². The number of rotatable bonds is 8. The van der Waals surface area contributed by atoms with E-state index in [1.165, 1.54) is 0 Å². The molecule has 0 fully saturated rings. The zero-order chi connectivity index (χ0) is 15.8. The van der Waals surface area contributed by atoms with Gasteiger partial charge in [0.25, 0.3) is 5.91 Å². The third-order valence-electron chi connectivity index (χ3n) is 3.51. The minimum absolute atomic E-state index is 0.130. The number of aliphatic carboxylic acids is 1. The van der Waals surface area contributed by atoms with Gasteiger partial charge in [0.1, 0.15) is 11.8 Å². The maximum absolute atomic E-state index is 11.9. The summed E-state index contributed by atoms with van der Waals surface area (Å²) in [6.07, 6.45) is 1.49. The summed E-state index contributed by atoms with van der Waals surface area (Å²) in [5.74, 6) is -0.916. The van der Waals surface area contributed by atoms with Crippen molar-refractivity contribution >= 4 is 11.9 Å². The molecule has 1 aromatic rings. The van der Waals surface area contributed by atoms with Gasteiger partial charge in [-0.3, -0.25) is 4.79 Å². The number of carbonyl (C=O) groups excluding carboxylic acids is 1. The van der Waals surface area contributed by atoms with Crippen LogP contribution >= 0.6 is 0 Å². The highest BCUT2D eigenvalue weighted by molar-refractivity contribution is 5.84. The number of carboxylic acid groups (broad SMARTS) is 1. The molecule has 5 nitrogen and oxygen atoms in total. The number of carbonyl (C=O) groups is 2. The first kappa shape index (κ1) is 17.0. The quantitative estimate of drug-likeness (QED) is 0.770. The van der Waals surface area contributed by atoms with E-state index < -0.39 is 17.9 Å². The molecule has 0 saturated carbocycles. The normalized spacial score (nSPS) is 13.3. The molecule has 0 saturated heterocycles. The van der Waals surface area contributed by atoms with Crippen LogP contribution in [0.1, 0.15) is 32.8 Å². The largest absolute Gasteiger partial charge is 0.483 e. The predicted molar refractivity (Wildman–Crippen MR) is 80.3 cm³/mol. The number of ether oxygens (including phenoxy) is 1. The summed E-state index contributed by atoms with van der Waals surface area (Å²) in [7, 11) is 0. The lowest BCUT2D eigenvalue weighted by Gasteiger charge is -2.20. The number of aryl methyl sites for hydroxylation is 1. The summed E-state index contributed by atoms with van der Waals surface area (Å²) < 4.78 is 5.48. The van der Waals surface area contributed by atoms with Crippen molar-refractivity contribution in [3.05, 3.63) is 29.8 Å². The van der Waals surface area contributed by atoms with Crippen LogP contribution in [0.15, 0.2) is 24.3 Å². The lowest BCUT2D eigenvalue weighted by molar-refractivity contribution is -0.143. The van der Waals surface area contributed by atoms with Gasteiger partial charge in [-0.2, -0.15) is 0 Å². The highest BCUT2D eigenvalue weighted by atomic mass is 16.5. The second-order valence-electron chi connectivity index (χ2n) is 5.02. The van der Waals surface area contributed by atoms with E-state index in [1.807, 2.05) is 32.0 Å². The van der Waals surface area contributed by atoms with Crippen LogP contribution < -0.4 is 10.1 Å². The van der Waals surface area contributed by atoms with Crippen LogP contribution in [0.5, 0.6) is 5.75 Å². The molecule has 5 heteroatoms. The Bertz CT molecular complexity index is 487. The lowest BCUT2D eigenvalue weighted by Crippen LogP contribution is -2.46. The van der Waals surface area contributed by atoms with Crippen LogP contribution in [0.3, 0.4) is 0 Å². The van der Waals surface area contributed by atoms with Crippen LogP contribution in [-0.2, 0) is 16.0 Å². The van der Waals surface area contributed by atoms with Crippen molar-refractivity contribution < 1.29 is 19.4 Å². The molecular formula is C16H23NO4. The van der Waals surface area contributed by atoms with Crippen molar-refractivity contribution in [2.45, 2.75) is 39.7 Å². The van der Waals surface area contributed by atoms with Crippen molar-refractivity contribution in [3.63, 3.8) is 0 Å². The monoisotopic (exact) mass is 293 g/mol. The number of amides is 1. The topological polar surface area (TPSA) is 75.6 Å². The van der Waals surface area contributed by atoms with Gasteiger partial charge in [-0.25, -0.2) is 4.79 Å². The maximum atomic E-state index is 11.9. The van der Waals surface area contributed by atoms with E-state index in [2.05, 4.69) is 5.32 Å². The average Bonchev–Trinajstić information content (AvgIpc) is 2.49. The summed E-state index contributed by atoms with van der Waals surface area (Å²) in [5.41, 5.74) is 1.02. The maximum Gasteiger partial charge on any atom is 0.326 e. The molecule has 21 heavy (non-hydrogen) atoms. The van der Waals surface area contributed by atoms with Gasteiger partial charge < -0.3 is 15.2 Å². The van der Waals surface area contributed by atoms with Crippen LogP contribution in [0.4, 0.5) is 0 Å². The Balaban J connectivity index is 2.59. The fourth-order valence-corrected chi connectivity index (χ4v) is 1.98. The van der Waals surface area contributed by atoms with Crippen molar-refractivity contribution in [1.29, 1.82) is 0 Å². The first-order valence-corrected chi connectivity index (χ1v) is 7.22. The molecule has 0 heterocycles. The molecule has 0 bridgehead atoms. The second-order valence-corrected chi connectivity index (χ2v) is 5.02. The van der Waals surface area contributed by atoms with Crippen LogP contribution in [0.25, 0.3) is 0 Å². The second kappa shape index (κ2) is 8.29. The molecule has 0 aliphatic heterocycles. The molecule has 0 spiro atoms. The fourth-order valence-electron chi connectivity index (χ4n) is 1.98. The van der Waals surface area contributed by atoms with E-state index in [9.17, 15) is 9.59 Å². The zero-order valence-corrected chi connectivity index (χ0v) is 12.8. The van der Waals surface area contributed by atoms with Crippen LogP contribution in [0, 0.1) is 5.92 Å². The molecule has 1 aromatic carbocycles. The Morgan fingerprint density at radius 1 is 1.29 bits per heavy atom. The summed E-state index contributed by atoms with van der Waals surface area (Å²) in [5, 5.41) is 11.6. The molecular weight excluding hydrogens is 270 g/mol. The minimum atomic E-state index is -1.02. The summed E-state index contributed by atoms with van der Waals surface area (Å²) >= 11 is 0. The van der Waals surface area contributed by atoms with Gasteiger partial charge in [0.2, 0.25) is 0 Å². The third kappa shape index (κ3) is 5.10. The molecule has 2 unspecified atom stereocenters. The SMILES string of the molecule is CCc1ccccc1OCC(=O)NC(C(=O)O)C(C)CC. The van der Waals surface area contributed by atoms with E-state index >= 15 is 0 Å². The van der Waals surface area contributed by atoms with Gasteiger partial charge in [-0.05, 0) is 24.0 Å². The van der Waals surface area contributed by atoms with Gasteiger partial charge >= 0.3 is 5.97 Å². The minimum Gasteiger partial charge on any atom is -0.483 e. The van der Waals surface area contributed by atoms with Crippen LogP contribution in [0.2, 0.25) is 0 Å². The molecule has 0 aliphatic rings. The van der Waals surface area contributed by atoms with E-state index in [0.717, 1.165) is 12.0 Å². The number of para-hydroxylation sites is 1. The number of hydrogen-bond donors (Lipinski definition) is 2. The average molecular weight is 293 g/mol. The van der Waals surface area contributed by atoms with E-state index in [0.29, 0.717) is 12.2 Å². The number of benzene rings is 1. The Hall–Kier alpha value is -2.04. The predicted octanol–water partition coefficient (Wildman–Crippen LogP) is 2.24. The van der Waals surface area contributed by atoms with E-state index in [1.54, 1.807) is 13.0 Å². The summed E-state index contributed by atoms with van der Waals surface area (Å²) in [4.78, 5) is 23.0. The Kier molecular flexibility index (Phi) is 6.72. The molecule has 2 atom stereocenters. The van der Waals surface area contributed by atoms with Gasteiger partial charge in [-0.1, -0.05) is 45.4 Å². The Morgan fingerprint density at radius 3 is 2.52 bits per heavy atom. The van der Waals surface area contributed by atoms with E-state index in [-0.39, 0.29) is 12.5 Å². The summed E-state index contributed by atoms with van der Waals surface area (Å²) in [6, 6.07) is 6.61. The van der Waals surface area contributed by atoms with Gasteiger partial charge in [0.05, 0.1) is 0 Å². The molecule has 1 amide bonds. The standard InChI is InChI=1S/C16H23NO4/c1-4-11(3)15(16(19)20)17-14(18)10-21-13-9-7-6-8-12(13)5-2/h6-9,11,15H,4-5,10H2,1-3H3,(H,17,18)(H,19,20). The fraction of sp³-hybridized carbons (Fsp3) is 0.500. The first-order chi connectivity index (χ1) is 9.99. The third-order valence-corrected chi connectivity index (χ3v) is 3.51. The highest BCUT2D eigenvalue weighted by Crippen LogP contribution is 2.18. The van der Waals surface area contributed by atoms with E-state index in [4.69, 9.17) is 9.84 Å². The number of carboxylic acids is 1. The molecule has 0 aromatic heterocycles. The van der Waals surface area contributed by atoms with Gasteiger partial charge in [0, 0.05) is 0 Å². The number of hydrogen-bond acceptors (Lipinski definition) is 3. The molecule has 116 valence electrons. The molecule has 0 aliphatic carbocycles. The first-order valence-electron chi connectivity index (χ1n) is 7.22. The smallest absolute Gasteiger partial charge is 0.326 e. The van der Waals surface area contributed by atoms with Gasteiger partial charge in [0.15, 0.2) is 6.61 Å². The van der Waals surface area contributed by atoms with Crippen molar-refractivity contribution in [2.75, 3.05) is 6.61 Å². The molecule has 1 rings (SSSR count). The zero-order valence-electron chi connectivity index (χ0n) is 12.8.